The van der Waals surface area contributed by atoms with Gasteiger partial charge in [0.15, 0.2) is 0 Å². The first kappa shape index (κ1) is 16.0. The second-order valence-corrected chi connectivity index (χ2v) is 6.60. The Morgan fingerprint density at radius 3 is 2.95 bits per heavy atom. The minimum absolute atomic E-state index is 0.425. The van der Waals surface area contributed by atoms with Gasteiger partial charge in [-0.3, -0.25) is 0 Å². The van der Waals surface area contributed by atoms with E-state index in [2.05, 4.69) is 53.3 Å². The van der Waals surface area contributed by atoms with Gasteiger partial charge in [0.25, 0.3) is 0 Å². The van der Waals surface area contributed by atoms with Crippen molar-refractivity contribution >= 4 is 15.9 Å². The van der Waals surface area contributed by atoms with Crippen LogP contribution in [0.5, 0.6) is 0 Å². The number of aryl methyl sites for hydroxylation is 1. The van der Waals surface area contributed by atoms with Gasteiger partial charge in [-0.25, -0.2) is 0 Å². The standard InChI is InChI=1S/C17H26BrNO/c1-3-10-19-17(9-7-14-5-4-11-20-14)15-8-6-13(2)12-16(15)18/h6,8,12,14,17,19H,3-5,7,9-11H2,1-2H3. The summed E-state index contributed by atoms with van der Waals surface area (Å²) >= 11 is 3.72. The van der Waals surface area contributed by atoms with Crippen molar-refractivity contribution in [2.75, 3.05) is 13.2 Å². The van der Waals surface area contributed by atoms with Crippen molar-refractivity contribution in [2.24, 2.45) is 0 Å². The van der Waals surface area contributed by atoms with Crippen molar-refractivity contribution in [3.63, 3.8) is 0 Å². The van der Waals surface area contributed by atoms with Crippen LogP contribution in [0.15, 0.2) is 22.7 Å². The fourth-order valence-electron chi connectivity index (χ4n) is 2.83. The Hall–Kier alpha value is -0.380. The lowest BCUT2D eigenvalue weighted by molar-refractivity contribution is 0.0995. The van der Waals surface area contributed by atoms with Gasteiger partial charge < -0.3 is 10.1 Å². The summed E-state index contributed by atoms with van der Waals surface area (Å²) in [5, 5.41) is 3.68. The van der Waals surface area contributed by atoms with Gasteiger partial charge in [-0.2, -0.15) is 0 Å². The molecule has 20 heavy (non-hydrogen) atoms. The first-order valence-corrected chi connectivity index (χ1v) is 8.61. The van der Waals surface area contributed by atoms with Crippen molar-refractivity contribution in [1.29, 1.82) is 0 Å². The van der Waals surface area contributed by atoms with Crippen LogP contribution in [-0.2, 0) is 4.74 Å². The zero-order chi connectivity index (χ0) is 14.4. The molecule has 0 bridgehead atoms. The van der Waals surface area contributed by atoms with Gasteiger partial charge in [-0.15, -0.1) is 0 Å². The van der Waals surface area contributed by atoms with Gasteiger partial charge in [-0.1, -0.05) is 35.0 Å². The number of ether oxygens (including phenoxy) is 1. The molecule has 1 aliphatic rings. The highest BCUT2D eigenvalue weighted by atomic mass is 79.9. The molecule has 1 aliphatic heterocycles. The summed E-state index contributed by atoms with van der Waals surface area (Å²) in [4.78, 5) is 0. The average molecular weight is 340 g/mol. The van der Waals surface area contributed by atoms with E-state index in [1.54, 1.807) is 0 Å². The normalized spacial score (nSPS) is 20.2. The van der Waals surface area contributed by atoms with Gasteiger partial charge in [0, 0.05) is 17.1 Å². The maximum Gasteiger partial charge on any atom is 0.0576 e. The molecule has 0 amide bonds. The summed E-state index contributed by atoms with van der Waals surface area (Å²) in [5.74, 6) is 0. The minimum atomic E-state index is 0.425. The number of nitrogens with one attached hydrogen (secondary N) is 1. The van der Waals surface area contributed by atoms with E-state index in [-0.39, 0.29) is 0 Å². The molecular formula is C17H26BrNO. The molecule has 1 aromatic carbocycles. The third-order valence-corrected chi connectivity index (χ3v) is 4.66. The summed E-state index contributed by atoms with van der Waals surface area (Å²) in [7, 11) is 0. The van der Waals surface area contributed by atoms with E-state index in [0.29, 0.717) is 12.1 Å². The Morgan fingerprint density at radius 2 is 2.30 bits per heavy atom. The van der Waals surface area contributed by atoms with Crippen molar-refractivity contribution in [1.82, 2.24) is 5.32 Å². The van der Waals surface area contributed by atoms with Gasteiger partial charge in [0.05, 0.1) is 6.10 Å². The zero-order valence-corrected chi connectivity index (χ0v) is 14.2. The fourth-order valence-corrected chi connectivity index (χ4v) is 3.60. The third-order valence-electron chi connectivity index (χ3n) is 3.97. The molecular weight excluding hydrogens is 314 g/mol. The monoisotopic (exact) mass is 339 g/mol. The predicted molar refractivity (Wildman–Crippen MR) is 88.1 cm³/mol. The number of hydrogen-bond acceptors (Lipinski definition) is 2. The molecule has 0 saturated carbocycles. The molecule has 112 valence electrons. The van der Waals surface area contributed by atoms with Crippen LogP contribution < -0.4 is 5.32 Å². The molecule has 1 heterocycles. The Bertz CT molecular complexity index is 415. The molecule has 2 atom stereocenters. The molecule has 2 unspecified atom stereocenters. The molecule has 3 heteroatoms. The van der Waals surface area contributed by atoms with Crippen LogP contribution in [-0.4, -0.2) is 19.3 Å². The first-order chi connectivity index (χ1) is 9.70. The van der Waals surface area contributed by atoms with Crippen molar-refractivity contribution in [3.8, 4) is 0 Å². The lowest BCUT2D eigenvalue weighted by Gasteiger charge is -2.22. The van der Waals surface area contributed by atoms with E-state index in [9.17, 15) is 0 Å². The summed E-state index contributed by atoms with van der Waals surface area (Å²) < 4.78 is 6.97. The van der Waals surface area contributed by atoms with Crippen molar-refractivity contribution in [2.45, 2.75) is 58.1 Å². The smallest absolute Gasteiger partial charge is 0.0576 e. The largest absolute Gasteiger partial charge is 0.378 e. The number of rotatable bonds is 7. The van der Waals surface area contributed by atoms with Gasteiger partial charge in [-0.05, 0) is 62.8 Å². The van der Waals surface area contributed by atoms with Crippen LogP contribution in [0.25, 0.3) is 0 Å². The van der Waals surface area contributed by atoms with Gasteiger partial charge in [0.2, 0.25) is 0 Å². The summed E-state index contributed by atoms with van der Waals surface area (Å²) in [6.45, 7) is 6.37. The Morgan fingerprint density at radius 1 is 1.45 bits per heavy atom. The quantitative estimate of drug-likeness (QED) is 0.773. The second kappa shape index (κ2) is 8.16. The van der Waals surface area contributed by atoms with E-state index in [1.807, 2.05) is 0 Å². The van der Waals surface area contributed by atoms with Crippen LogP contribution >= 0.6 is 15.9 Å². The number of benzene rings is 1. The van der Waals surface area contributed by atoms with E-state index < -0.39 is 0 Å². The van der Waals surface area contributed by atoms with Gasteiger partial charge in [0.1, 0.15) is 0 Å². The Kier molecular flexibility index (Phi) is 6.53. The Labute approximate surface area is 131 Å². The Balaban J connectivity index is 2.01. The molecule has 1 saturated heterocycles. The molecule has 2 nitrogen and oxygen atoms in total. The lowest BCUT2D eigenvalue weighted by Crippen LogP contribution is -2.24. The zero-order valence-electron chi connectivity index (χ0n) is 12.6. The minimum Gasteiger partial charge on any atom is -0.378 e. The summed E-state index contributed by atoms with van der Waals surface area (Å²) in [6, 6.07) is 7.09. The van der Waals surface area contributed by atoms with E-state index >= 15 is 0 Å². The molecule has 0 aromatic heterocycles. The van der Waals surface area contributed by atoms with Gasteiger partial charge >= 0.3 is 0 Å². The summed E-state index contributed by atoms with van der Waals surface area (Å²) in [5.41, 5.74) is 2.68. The van der Waals surface area contributed by atoms with Crippen LogP contribution in [0.2, 0.25) is 0 Å². The van der Waals surface area contributed by atoms with E-state index in [1.165, 1.54) is 34.9 Å². The highest BCUT2D eigenvalue weighted by Crippen LogP contribution is 2.29. The molecule has 0 radical (unpaired) electrons. The van der Waals surface area contributed by atoms with Crippen LogP contribution in [0.1, 0.15) is 56.2 Å². The second-order valence-electron chi connectivity index (χ2n) is 5.74. The number of hydrogen-bond donors (Lipinski definition) is 1. The van der Waals surface area contributed by atoms with E-state index in [4.69, 9.17) is 4.74 Å². The third kappa shape index (κ3) is 4.57. The number of halogens is 1. The molecule has 1 N–H and O–H groups in total. The maximum absolute atomic E-state index is 5.75. The highest BCUT2D eigenvalue weighted by Gasteiger charge is 2.19. The highest BCUT2D eigenvalue weighted by molar-refractivity contribution is 9.10. The molecule has 0 spiro atoms. The van der Waals surface area contributed by atoms with Crippen molar-refractivity contribution in [3.05, 3.63) is 33.8 Å². The first-order valence-electron chi connectivity index (χ1n) is 7.81. The topological polar surface area (TPSA) is 21.3 Å². The lowest BCUT2D eigenvalue weighted by atomic mass is 9.98. The van der Waals surface area contributed by atoms with Crippen LogP contribution in [0.4, 0.5) is 0 Å². The van der Waals surface area contributed by atoms with Crippen LogP contribution in [0, 0.1) is 6.92 Å². The van der Waals surface area contributed by atoms with E-state index in [0.717, 1.165) is 26.0 Å². The van der Waals surface area contributed by atoms with Crippen LogP contribution in [0.3, 0.4) is 0 Å². The summed E-state index contributed by atoms with van der Waals surface area (Å²) in [6.07, 6.45) is 6.40. The predicted octanol–water partition coefficient (Wildman–Crippen LogP) is 4.76. The molecule has 1 aromatic rings. The average Bonchev–Trinajstić information content (AvgIpc) is 2.93. The molecule has 1 fully saturated rings. The fraction of sp³-hybridized carbons (Fsp3) is 0.647. The SMILES string of the molecule is CCCNC(CCC1CCCO1)c1ccc(C)cc1Br. The molecule has 2 rings (SSSR count). The maximum atomic E-state index is 5.75. The molecule has 0 aliphatic carbocycles. The van der Waals surface area contributed by atoms with Crippen molar-refractivity contribution < 1.29 is 4.74 Å².